The lowest BCUT2D eigenvalue weighted by atomic mass is 10.1. The lowest BCUT2D eigenvalue weighted by Gasteiger charge is -1.99. The van der Waals surface area contributed by atoms with Gasteiger partial charge in [-0.1, -0.05) is 0 Å². The van der Waals surface area contributed by atoms with Crippen LogP contribution in [0.4, 0.5) is 11.4 Å². The summed E-state index contributed by atoms with van der Waals surface area (Å²) in [4.78, 5) is 44.4. The molecule has 0 amide bonds. The van der Waals surface area contributed by atoms with Gasteiger partial charge in [0.1, 0.15) is 11.5 Å². The van der Waals surface area contributed by atoms with Crippen LogP contribution >= 0.6 is 0 Å². The van der Waals surface area contributed by atoms with E-state index in [0.29, 0.717) is 0 Å². The first-order valence-corrected chi connectivity index (χ1v) is 8.04. The van der Waals surface area contributed by atoms with Gasteiger partial charge in [-0.05, 0) is 48.6 Å². The number of phenols is 2. The number of allylic oxidation sites excluding steroid dienone is 2. The maximum absolute atomic E-state index is 11.9. The van der Waals surface area contributed by atoms with Gasteiger partial charge >= 0.3 is 0 Å². The molecule has 2 aromatic carbocycles. The smallest absolute Gasteiger partial charge is 0.276 e. The van der Waals surface area contributed by atoms with Crippen LogP contribution in [0.25, 0.3) is 12.2 Å². The van der Waals surface area contributed by atoms with Crippen molar-refractivity contribution in [1.82, 2.24) is 0 Å². The highest BCUT2D eigenvalue weighted by atomic mass is 16.6. The summed E-state index contributed by atoms with van der Waals surface area (Å²) < 4.78 is 0. The molecule has 148 valence electrons. The van der Waals surface area contributed by atoms with Gasteiger partial charge in [0.25, 0.3) is 11.4 Å². The number of hydrogen-bond acceptors (Lipinski definition) is 8. The number of nitro groups is 2. The number of ketones is 2. The summed E-state index contributed by atoms with van der Waals surface area (Å²) in [6.45, 7) is 0. The molecule has 0 saturated heterocycles. The summed E-state index contributed by atoms with van der Waals surface area (Å²) in [6, 6.07) is 6.62. The molecular weight excluding hydrogens is 384 g/mol. The van der Waals surface area contributed by atoms with Crippen LogP contribution in [0.1, 0.15) is 17.5 Å². The number of rotatable bonds is 8. The summed E-state index contributed by atoms with van der Waals surface area (Å²) in [5.74, 6) is -1.78. The highest BCUT2D eigenvalue weighted by Gasteiger charge is 2.14. The Balaban J connectivity index is 2.10. The Morgan fingerprint density at radius 2 is 1.17 bits per heavy atom. The molecule has 0 heterocycles. The number of phenolic OH excluding ortho intramolecular Hbond substituents is 2. The van der Waals surface area contributed by atoms with Gasteiger partial charge in [0, 0.05) is 12.1 Å². The van der Waals surface area contributed by atoms with Crippen LogP contribution in [0, 0.1) is 20.2 Å². The monoisotopic (exact) mass is 398 g/mol. The average Bonchev–Trinajstić information content (AvgIpc) is 2.64. The molecule has 10 heteroatoms. The summed E-state index contributed by atoms with van der Waals surface area (Å²) in [5.41, 5.74) is -0.674. The van der Waals surface area contributed by atoms with Gasteiger partial charge in [0.15, 0.2) is 11.6 Å². The zero-order chi connectivity index (χ0) is 21.6. The van der Waals surface area contributed by atoms with E-state index < -0.39 is 27.8 Å². The van der Waals surface area contributed by atoms with Gasteiger partial charge in [-0.25, -0.2) is 0 Å². The Hall–Kier alpha value is -4.34. The van der Waals surface area contributed by atoms with Crippen molar-refractivity contribution in [2.45, 2.75) is 6.42 Å². The van der Waals surface area contributed by atoms with Crippen molar-refractivity contribution < 1.29 is 29.6 Å². The van der Waals surface area contributed by atoms with Crippen molar-refractivity contribution in [2.75, 3.05) is 0 Å². The molecule has 2 rings (SSSR count). The van der Waals surface area contributed by atoms with Crippen molar-refractivity contribution in [1.29, 1.82) is 0 Å². The molecule has 2 N–H and O–H groups in total. The van der Waals surface area contributed by atoms with E-state index in [9.17, 15) is 40.0 Å². The molecule has 2 aromatic rings. The van der Waals surface area contributed by atoms with Crippen molar-refractivity contribution in [2.24, 2.45) is 0 Å². The number of nitrogens with zero attached hydrogens (tertiary/aromatic N) is 2. The van der Waals surface area contributed by atoms with Crippen LogP contribution in [0.3, 0.4) is 0 Å². The SMILES string of the molecule is O=C(/C=C/c1cc(O)ccc1[N+](=O)[O-])CC(=O)/C=C/c1cc(O)ccc1[N+](=O)[O-]. The fourth-order valence-corrected chi connectivity index (χ4v) is 2.34. The van der Waals surface area contributed by atoms with Gasteiger partial charge < -0.3 is 10.2 Å². The lowest BCUT2D eigenvalue weighted by Crippen LogP contribution is -2.02. The molecular formula is C19H14N2O8. The van der Waals surface area contributed by atoms with Crippen LogP contribution in [0.5, 0.6) is 11.5 Å². The summed E-state index contributed by atoms with van der Waals surface area (Å²) in [7, 11) is 0. The lowest BCUT2D eigenvalue weighted by molar-refractivity contribution is -0.385. The van der Waals surface area contributed by atoms with E-state index in [-0.39, 0.29) is 34.0 Å². The second kappa shape index (κ2) is 9.04. The van der Waals surface area contributed by atoms with Gasteiger partial charge in [-0.2, -0.15) is 0 Å². The van der Waals surface area contributed by atoms with Crippen LogP contribution in [0.2, 0.25) is 0 Å². The number of carbonyl (C=O) groups excluding carboxylic acids is 2. The summed E-state index contributed by atoms with van der Waals surface area (Å²) in [5, 5.41) is 40.7. The van der Waals surface area contributed by atoms with Gasteiger partial charge in [0.2, 0.25) is 0 Å². The van der Waals surface area contributed by atoms with E-state index in [0.717, 1.165) is 60.7 Å². The second-order valence-electron chi connectivity index (χ2n) is 5.78. The minimum atomic E-state index is -0.681. The molecule has 0 aliphatic rings. The van der Waals surface area contributed by atoms with Gasteiger partial charge in [-0.15, -0.1) is 0 Å². The Morgan fingerprint density at radius 3 is 1.52 bits per heavy atom. The number of aromatic hydroxyl groups is 2. The minimum Gasteiger partial charge on any atom is -0.508 e. The zero-order valence-electron chi connectivity index (χ0n) is 14.7. The number of carbonyl (C=O) groups is 2. The second-order valence-corrected chi connectivity index (χ2v) is 5.78. The average molecular weight is 398 g/mol. The molecule has 0 aliphatic heterocycles. The third-order valence-electron chi connectivity index (χ3n) is 3.66. The maximum Gasteiger partial charge on any atom is 0.276 e. The van der Waals surface area contributed by atoms with E-state index in [4.69, 9.17) is 0 Å². The highest BCUT2D eigenvalue weighted by molar-refractivity contribution is 6.11. The molecule has 0 fully saturated rings. The summed E-state index contributed by atoms with van der Waals surface area (Å²) >= 11 is 0. The fourth-order valence-electron chi connectivity index (χ4n) is 2.34. The van der Waals surface area contributed by atoms with Gasteiger partial charge in [0.05, 0.1) is 27.4 Å². The largest absolute Gasteiger partial charge is 0.508 e. The van der Waals surface area contributed by atoms with Crippen LogP contribution < -0.4 is 0 Å². The van der Waals surface area contributed by atoms with Crippen molar-refractivity contribution in [3.8, 4) is 11.5 Å². The topological polar surface area (TPSA) is 161 Å². The predicted octanol–water partition coefficient (Wildman–Crippen LogP) is 3.17. The minimum absolute atomic E-state index is 0.0123. The molecule has 0 bridgehead atoms. The normalized spacial score (nSPS) is 11.0. The molecule has 0 atom stereocenters. The predicted molar refractivity (Wildman–Crippen MR) is 102 cm³/mol. The van der Waals surface area contributed by atoms with Crippen molar-refractivity contribution in [3.63, 3.8) is 0 Å². The third kappa shape index (κ3) is 5.82. The Morgan fingerprint density at radius 1 is 0.793 bits per heavy atom. The molecule has 0 radical (unpaired) electrons. The van der Waals surface area contributed by atoms with Crippen molar-refractivity contribution in [3.05, 3.63) is 79.9 Å². The van der Waals surface area contributed by atoms with E-state index in [2.05, 4.69) is 0 Å². The third-order valence-corrected chi connectivity index (χ3v) is 3.66. The highest BCUT2D eigenvalue weighted by Crippen LogP contribution is 2.25. The van der Waals surface area contributed by atoms with Gasteiger partial charge in [-0.3, -0.25) is 29.8 Å². The Kier molecular flexibility index (Phi) is 6.54. The van der Waals surface area contributed by atoms with E-state index >= 15 is 0 Å². The summed E-state index contributed by atoms with van der Waals surface area (Å²) in [6.07, 6.45) is 3.56. The van der Waals surface area contributed by atoms with Crippen LogP contribution in [-0.2, 0) is 9.59 Å². The number of nitro benzene ring substituents is 2. The molecule has 0 saturated carbocycles. The number of hydrogen-bond donors (Lipinski definition) is 2. The maximum atomic E-state index is 11.9. The zero-order valence-corrected chi connectivity index (χ0v) is 14.7. The Labute approximate surface area is 163 Å². The quantitative estimate of drug-likeness (QED) is 0.296. The first-order valence-electron chi connectivity index (χ1n) is 8.04. The first-order chi connectivity index (χ1) is 13.7. The standard InChI is InChI=1S/C19H14N2O8/c22-14-5-7-18(20(26)27)12(9-14)1-3-16(24)11-17(25)4-2-13-10-15(23)6-8-19(13)21(28)29/h1-10,22-23H,11H2/b3-1+,4-2+. The molecule has 0 spiro atoms. The van der Waals surface area contributed by atoms with Crippen molar-refractivity contribution >= 4 is 35.1 Å². The molecule has 10 nitrogen and oxygen atoms in total. The molecule has 0 aliphatic carbocycles. The Bertz CT molecular complexity index is 973. The molecule has 0 aromatic heterocycles. The van der Waals surface area contributed by atoms with E-state index in [1.54, 1.807) is 0 Å². The van der Waals surface area contributed by atoms with E-state index in [1.165, 1.54) is 0 Å². The molecule has 0 unspecified atom stereocenters. The molecule has 29 heavy (non-hydrogen) atoms. The fraction of sp³-hybridized carbons (Fsp3) is 0.0526. The number of benzene rings is 2. The van der Waals surface area contributed by atoms with Crippen LogP contribution in [-0.4, -0.2) is 31.6 Å². The van der Waals surface area contributed by atoms with Crippen LogP contribution in [0.15, 0.2) is 48.6 Å². The first kappa shape index (κ1) is 21.0. The van der Waals surface area contributed by atoms with E-state index in [1.807, 2.05) is 0 Å².